The summed E-state index contributed by atoms with van der Waals surface area (Å²) in [6.07, 6.45) is 1.44. The third kappa shape index (κ3) is 5.44. The summed E-state index contributed by atoms with van der Waals surface area (Å²) in [4.78, 5) is 5.41. The van der Waals surface area contributed by atoms with Gasteiger partial charge in [-0.3, -0.25) is 4.99 Å². The molecule has 0 amide bonds. The van der Waals surface area contributed by atoms with Gasteiger partial charge in [0, 0.05) is 35.8 Å². The van der Waals surface area contributed by atoms with Crippen LogP contribution in [0.3, 0.4) is 0 Å². The Morgan fingerprint density at radius 1 is 1.39 bits per heavy atom. The molecule has 9 heteroatoms. The number of aliphatic imine (C=N–C) groups is 1. The molecule has 0 aliphatic carbocycles. The maximum atomic E-state index is 11.6. The number of aliphatic hydroxyl groups is 1. The Morgan fingerprint density at radius 3 is 2.86 bits per heavy atom. The van der Waals surface area contributed by atoms with E-state index < -0.39 is 16.1 Å². The molecule has 3 rings (SSSR count). The third-order valence-corrected chi connectivity index (χ3v) is 7.30. The van der Waals surface area contributed by atoms with Crippen LogP contribution in [0.15, 0.2) is 35.3 Å². The molecule has 3 N–H and O–H groups in total. The summed E-state index contributed by atoms with van der Waals surface area (Å²) >= 11 is 1.58. The Labute approximate surface area is 170 Å². The van der Waals surface area contributed by atoms with Crippen molar-refractivity contribution in [2.75, 3.05) is 39.0 Å². The lowest BCUT2D eigenvalue weighted by molar-refractivity contribution is 0.191. The molecule has 0 saturated carbocycles. The minimum absolute atomic E-state index is 0.256. The van der Waals surface area contributed by atoms with Gasteiger partial charge in [-0.15, -0.1) is 11.3 Å². The average molecular weight is 425 g/mol. The zero-order valence-corrected chi connectivity index (χ0v) is 17.9. The van der Waals surface area contributed by atoms with E-state index >= 15 is 0 Å². The molecular formula is C19H28N4O3S2. The van der Waals surface area contributed by atoms with Crippen LogP contribution in [-0.4, -0.2) is 62.8 Å². The van der Waals surface area contributed by atoms with Crippen LogP contribution >= 0.6 is 11.3 Å². The first-order valence-corrected chi connectivity index (χ1v) is 12.2. The van der Waals surface area contributed by atoms with E-state index in [1.165, 1.54) is 10.6 Å². The van der Waals surface area contributed by atoms with Gasteiger partial charge in [0.25, 0.3) is 0 Å². The van der Waals surface area contributed by atoms with Crippen molar-refractivity contribution in [3.63, 3.8) is 0 Å². The monoisotopic (exact) mass is 424 g/mol. The van der Waals surface area contributed by atoms with Crippen LogP contribution in [0.5, 0.6) is 0 Å². The second-order valence-corrected chi connectivity index (χ2v) is 10.2. The van der Waals surface area contributed by atoms with E-state index in [1.54, 1.807) is 11.3 Å². The molecular weight excluding hydrogens is 396 g/mol. The average Bonchev–Trinajstić information content (AvgIpc) is 3.30. The van der Waals surface area contributed by atoms with Gasteiger partial charge in [-0.05, 0) is 36.8 Å². The van der Waals surface area contributed by atoms with E-state index in [4.69, 9.17) is 0 Å². The van der Waals surface area contributed by atoms with Crippen molar-refractivity contribution < 1.29 is 13.5 Å². The highest BCUT2D eigenvalue weighted by molar-refractivity contribution is 7.88. The Balaban J connectivity index is 1.56. The normalized spacial score (nSPS) is 19.8. The highest BCUT2D eigenvalue weighted by Gasteiger charge is 2.28. The zero-order valence-electron chi connectivity index (χ0n) is 16.3. The van der Waals surface area contributed by atoms with Crippen LogP contribution in [0.4, 0.5) is 0 Å². The minimum Gasteiger partial charge on any atom is -0.386 e. The maximum absolute atomic E-state index is 11.6. The van der Waals surface area contributed by atoms with E-state index in [9.17, 15) is 13.5 Å². The van der Waals surface area contributed by atoms with Crippen LogP contribution in [-0.2, 0) is 10.0 Å². The molecule has 1 aliphatic heterocycles. The van der Waals surface area contributed by atoms with Crippen molar-refractivity contribution in [1.29, 1.82) is 0 Å². The smallest absolute Gasteiger partial charge is 0.211 e. The van der Waals surface area contributed by atoms with Crippen molar-refractivity contribution in [2.45, 2.75) is 19.4 Å². The molecule has 1 saturated heterocycles. The summed E-state index contributed by atoms with van der Waals surface area (Å²) < 4.78 is 26.0. The molecule has 2 atom stereocenters. The number of benzene rings is 1. The lowest BCUT2D eigenvalue weighted by Gasteiger charge is -2.16. The first-order valence-electron chi connectivity index (χ1n) is 9.50. The fourth-order valence-electron chi connectivity index (χ4n) is 3.28. The minimum atomic E-state index is -3.12. The van der Waals surface area contributed by atoms with E-state index in [0.29, 0.717) is 32.1 Å². The molecule has 1 aromatic heterocycles. The Bertz CT molecular complexity index is 893. The van der Waals surface area contributed by atoms with Gasteiger partial charge in [0.2, 0.25) is 10.0 Å². The molecule has 2 aromatic rings. The van der Waals surface area contributed by atoms with Crippen LogP contribution in [0.1, 0.15) is 24.3 Å². The van der Waals surface area contributed by atoms with E-state index in [2.05, 4.69) is 15.6 Å². The van der Waals surface area contributed by atoms with E-state index in [-0.39, 0.29) is 12.5 Å². The molecule has 2 heterocycles. The summed E-state index contributed by atoms with van der Waals surface area (Å²) in [5.41, 5.74) is 0. The highest BCUT2D eigenvalue weighted by Crippen LogP contribution is 2.29. The molecule has 0 bridgehead atoms. The molecule has 154 valence electrons. The number of hydrogen-bond acceptors (Lipinski definition) is 5. The molecule has 0 radical (unpaired) electrons. The number of aliphatic hydroxyl groups excluding tert-OH is 1. The summed E-state index contributed by atoms with van der Waals surface area (Å²) in [6, 6.07) is 10.1. The van der Waals surface area contributed by atoms with Gasteiger partial charge in [0.05, 0.1) is 12.8 Å². The van der Waals surface area contributed by atoms with Crippen LogP contribution in [0, 0.1) is 5.92 Å². The number of rotatable bonds is 7. The van der Waals surface area contributed by atoms with Gasteiger partial charge in [-0.2, -0.15) is 0 Å². The number of hydrogen-bond donors (Lipinski definition) is 3. The molecule has 7 nitrogen and oxygen atoms in total. The van der Waals surface area contributed by atoms with Crippen molar-refractivity contribution in [3.8, 4) is 0 Å². The number of nitrogens with zero attached hydrogens (tertiary/aromatic N) is 2. The van der Waals surface area contributed by atoms with Crippen LogP contribution < -0.4 is 10.6 Å². The second-order valence-electron chi connectivity index (χ2n) is 7.08. The van der Waals surface area contributed by atoms with Crippen molar-refractivity contribution in [3.05, 3.63) is 35.2 Å². The van der Waals surface area contributed by atoms with Crippen LogP contribution in [0.2, 0.25) is 0 Å². The maximum Gasteiger partial charge on any atom is 0.211 e. The number of nitrogens with one attached hydrogen (secondary N) is 2. The molecule has 28 heavy (non-hydrogen) atoms. The Morgan fingerprint density at radius 2 is 2.18 bits per heavy atom. The summed E-state index contributed by atoms with van der Waals surface area (Å²) in [5.74, 6) is 0.895. The molecule has 1 aromatic carbocycles. The fourth-order valence-corrected chi connectivity index (χ4v) is 5.24. The first kappa shape index (κ1) is 21.0. The molecule has 1 aliphatic rings. The Hall–Kier alpha value is -1.68. The molecule has 1 fully saturated rings. The predicted molar refractivity (Wildman–Crippen MR) is 115 cm³/mol. The van der Waals surface area contributed by atoms with Crippen molar-refractivity contribution >= 4 is 37.4 Å². The molecule has 2 unspecified atom stereocenters. The lowest BCUT2D eigenvalue weighted by Crippen LogP contribution is -2.40. The van der Waals surface area contributed by atoms with Gasteiger partial charge in [0.15, 0.2) is 5.96 Å². The second kappa shape index (κ2) is 9.21. The summed E-state index contributed by atoms with van der Waals surface area (Å²) in [6.45, 7) is 4.73. The van der Waals surface area contributed by atoms with Gasteiger partial charge in [0.1, 0.15) is 6.10 Å². The standard InChI is InChI=1S/C19H28N4O3S2/c1-3-20-19(21-11-14-8-9-23(13-14)28(2,25)26)22-12-16(24)18-10-15-6-4-5-7-17(15)27-18/h4-7,10,14,16,24H,3,8-9,11-13H2,1-2H3,(H2,20,21,22). The summed E-state index contributed by atoms with van der Waals surface area (Å²) in [5, 5.41) is 18.1. The number of sulfonamides is 1. The SMILES string of the molecule is CCNC(=NCC(O)c1cc2ccccc2s1)NCC1CCN(S(C)(=O)=O)C1. The predicted octanol–water partition coefficient (Wildman–Crippen LogP) is 1.77. The van der Waals surface area contributed by atoms with Crippen molar-refractivity contribution in [1.82, 2.24) is 14.9 Å². The number of fused-ring (bicyclic) bond motifs is 1. The fraction of sp³-hybridized carbons (Fsp3) is 0.526. The van der Waals surface area contributed by atoms with Gasteiger partial charge in [-0.1, -0.05) is 18.2 Å². The van der Waals surface area contributed by atoms with E-state index in [0.717, 1.165) is 21.4 Å². The zero-order chi connectivity index (χ0) is 20.1. The van der Waals surface area contributed by atoms with Gasteiger partial charge in [-0.25, -0.2) is 12.7 Å². The molecule has 0 spiro atoms. The highest BCUT2D eigenvalue weighted by atomic mass is 32.2. The number of guanidine groups is 1. The van der Waals surface area contributed by atoms with Crippen molar-refractivity contribution in [2.24, 2.45) is 10.9 Å². The lowest BCUT2D eigenvalue weighted by atomic mass is 10.1. The largest absolute Gasteiger partial charge is 0.386 e. The van der Waals surface area contributed by atoms with E-state index in [1.807, 2.05) is 37.3 Å². The summed E-state index contributed by atoms with van der Waals surface area (Å²) in [7, 11) is -3.12. The quantitative estimate of drug-likeness (QED) is 0.465. The Kier molecular flexibility index (Phi) is 6.92. The van der Waals surface area contributed by atoms with Gasteiger partial charge < -0.3 is 15.7 Å². The third-order valence-electron chi connectivity index (χ3n) is 4.82. The first-order chi connectivity index (χ1) is 13.4. The number of thiophene rings is 1. The van der Waals surface area contributed by atoms with Gasteiger partial charge >= 0.3 is 0 Å². The topological polar surface area (TPSA) is 94.0 Å². The van der Waals surface area contributed by atoms with Crippen LogP contribution in [0.25, 0.3) is 10.1 Å².